The largest absolute Gasteiger partial charge is 0.317 e. The lowest BCUT2D eigenvalue weighted by Gasteiger charge is -2.28. The second kappa shape index (κ2) is 7.82. The Kier molecular flexibility index (Phi) is 4.47. The monoisotopic (exact) mass is 487 g/mol. The summed E-state index contributed by atoms with van der Waals surface area (Å²) in [6, 6.07) is 33.8. The molecule has 0 amide bonds. The molecule has 0 bridgehead atoms. The van der Waals surface area contributed by atoms with E-state index in [1.54, 1.807) is 0 Å². The van der Waals surface area contributed by atoms with Crippen LogP contribution in [0, 0.1) is 5.41 Å². The molecule has 0 spiro atoms. The molecule has 1 heterocycles. The lowest BCUT2D eigenvalue weighted by molar-refractivity contribution is 0.486. The van der Waals surface area contributed by atoms with E-state index in [1.165, 1.54) is 71.5 Å². The molecule has 1 heteroatoms. The minimum atomic E-state index is 0.163. The van der Waals surface area contributed by atoms with E-state index in [-0.39, 0.29) is 5.41 Å². The summed E-state index contributed by atoms with van der Waals surface area (Å²) in [4.78, 5) is 0. The fraction of sp³-hybridized carbons (Fsp3) is 0.135. The molecule has 1 aromatic heterocycles. The molecular formula is C37H29N. The van der Waals surface area contributed by atoms with E-state index in [2.05, 4.69) is 134 Å². The first-order valence-corrected chi connectivity index (χ1v) is 13.6. The zero-order chi connectivity index (χ0) is 25.4. The van der Waals surface area contributed by atoms with Gasteiger partial charge in [-0.25, -0.2) is 0 Å². The van der Waals surface area contributed by atoms with Crippen molar-refractivity contribution in [2.45, 2.75) is 26.7 Å². The van der Waals surface area contributed by atoms with Crippen molar-refractivity contribution in [2.24, 2.45) is 5.41 Å². The van der Waals surface area contributed by atoms with Crippen molar-refractivity contribution in [3.63, 3.8) is 0 Å². The summed E-state index contributed by atoms with van der Waals surface area (Å²) >= 11 is 0. The first-order chi connectivity index (χ1) is 18.6. The smallest absolute Gasteiger partial charge is 0.0528 e. The summed E-state index contributed by atoms with van der Waals surface area (Å²) in [5.41, 5.74) is 10.9. The Morgan fingerprint density at radius 1 is 0.711 bits per heavy atom. The average Bonchev–Trinajstić information content (AvgIpc) is 3.36. The number of fused-ring (bicyclic) bond motifs is 5. The summed E-state index contributed by atoms with van der Waals surface area (Å²) < 4.78 is 2.32. The van der Waals surface area contributed by atoms with Crippen molar-refractivity contribution in [1.29, 1.82) is 0 Å². The van der Waals surface area contributed by atoms with E-state index in [0.717, 1.165) is 12.8 Å². The van der Waals surface area contributed by atoms with Gasteiger partial charge in [-0.2, -0.15) is 0 Å². The third-order valence-electron chi connectivity index (χ3n) is 8.53. The third-order valence-corrected chi connectivity index (χ3v) is 8.53. The van der Waals surface area contributed by atoms with Crippen LogP contribution in [0.5, 0.6) is 0 Å². The second-order valence-electron chi connectivity index (χ2n) is 11.6. The number of hydrogen-bond acceptors (Lipinski definition) is 0. The number of nitrogens with zero attached hydrogens (tertiary/aromatic N) is 1. The fourth-order valence-corrected chi connectivity index (χ4v) is 6.85. The maximum absolute atomic E-state index is 2.48. The van der Waals surface area contributed by atoms with Gasteiger partial charge in [-0.05, 0) is 103 Å². The van der Waals surface area contributed by atoms with Gasteiger partial charge in [0, 0.05) is 11.9 Å². The Morgan fingerprint density at radius 2 is 1.50 bits per heavy atom. The third kappa shape index (κ3) is 3.12. The molecule has 0 N–H and O–H groups in total. The van der Waals surface area contributed by atoms with Crippen LogP contribution in [0.15, 0.2) is 115 Å². The topological polar surface area (TPSA) is 4.93 Å². The van der Waals surface area contributed by atoms with Crippen LogP contribution in [0.25, 0.3) is 54.8 Å². The zero-order valence-electron chi connectivity index (χ0n) is 21.8. The first kappa shape index (κ1) is 21.7. The summed E-state index contributed by atoms with van der Waals surface area (Å²) in [5.74, 6) is 0. The number of para-hydroxylation sites is 1. The van der Waals surface area contributed by atoms with Crippen molar-refractivity contribution in [3.8, 4) is 16.8 Å². The van der Waals surface area contributed by atoms with Gasteiger partial charge in [0.1, 0.15) is 0 Å². The summed E-state index contributed by atoms with van der Waals surface area (Å²) in [6.07, 6.45) is 11.4. The highest BCUT2D eigenvalue weighted by atomic mass is 15.0. The van der Waals surface area contributed by atoms with Gasteiger partial charge in [0.05, 0.1) is 5.52 Å². The maximum Gasteiger partial charge on any atom is 0.0528 e. The Bertz CT molecular complexity index is 1990. The van der Waals surface area contributed by atoms with Gasteiger partial charge in [-0.1, -0.05) is 98.8 Å². The fourth-order valence-electron chi connectivity index (χ4n) is 6.85. The molecule has 0 atom stereocenters. The van der Waals surface area contributed by atoms with E-state index in [1.807, 2.05) is 0 Å². The van der Waals surface area contributed by atoms with Gasteiger partial charge in [0.2, 0.25) is 0 Å². The molecular weight excluding hydrogens is 458 g/mol. The molecule has 2 aliphatic carbocycles. The van der Waals surface area contributed by atoms with Crippen LogP contribution in [0.2, 0.25) is 0 Å². The Morgan fingerprint density at radius 3 is 2.37 bits per heavy atom. The Labute approximate surface area is 223 Å². The lowest BCUT2D eigenvalue weighted by atomic mass is 9.76. The molecule has 5 aromatic carbocycles. The number of aromatic nitrogens is 1. The number of hydrogen-bond donors (Lipinski definition) is 0. The average molecular weight is 488 g/mol. The minimum Gasteiger partial charge on any atom is -0.317 e. The molecule has 0 fully saturated rings. The maximum atomic E-state index is 2.48. The molecule has 1 nitrogen and oxygen atoms in total. The number of allylic oxidation sites excluding steroid dienone is 4. The quantitative estimate of drug-likeness (QED) is 0.214. The molecule has 182 valence electrons. The van der Waals surface area contributed by atoms with Crippen LogP contribution in [0.1, 0.15) is 37.0 Å². The summed E-state index contributed by atoms with van der Waals surface area (Å²) in [7, 11) is 0. The standard InChI is InChI=1S/C37H29N/c1-37(2)19-8-11-26(23-37)34-30-12-4-5-13-31(30)36-29-17-16-28(38-20-18-24-9-3-6-15-33(24)38)22-27(29)21-25-10-7-14-32(34)35(25)36/h3-18,20,22-23H,19,21H2,1-2H3. The summed E-state index contributed by atoms with van der Waals surface area (Å²) in [5, 5.41) is 6.75. The number of rotatable bonds is 2. The minimum absolute atomic E-state index is 0.163. The molecule has 0 radical (unpaired) electrons. The molecule has 6 aromatic rings. The second-order valence-corrected chi connectivity index (χ2v) is 11.6. The van der Waals surface area contributed by atoms with E-state index in [9.17, 15) is 0 Å². The summed E-state index contributed by atoms with van der Waals surface area (Å²) in [6.45, 7) is 4.68. The Balaban J connectivity index is 1.42. The van der Waals surface area contributed by atoms with Crippen LogP contribution in [-0.2, 0) is 6.42 Å². The predicted octanol–water partition coefficient (Wildman–Crippen LogP) is 9.88. The van der Waals surface area contributed by atoms with Gasteiger partial charge in [0.25, 0.3) is 0 Å². The molecule has 38 heavy (non-hydrogen) atoms. The van der Waals surface area contributed by atoms with Crippen LogP contribution in [-0.4, -0.2) is 4.57 Å². The Hall–Kier alpha value is -4.36. The van der Waals surface area contributed by atoms with Crippen LogP contribution < -0.4 is 0 Å². The highest BCUT2D eigenvalue weighted by Crippen LogP contribution is 2.48. The van der Waals surface area contributed by atoms with Crippen LogP contribution in [0.4, 0.5) is 0 Å². The van der Waals surface area contributed by atoms with Crippen molar-refractivity contribution in [3.05, 3.63) is 132 Å². The molecule has 0 unspecified atom stereocenters. The molecule has 0 saturated heterocycles. The lowest BCUT2D eigenvalue weighted by Crippen LogP contribution is -2.10. The van der Waals surface area contributed by atoms with E-state index in [0.29, 0.717) is 0 Å². The van der Waals surface area contributed by atoms with Crippen molar-refractivity contribution < 1.29 is 0 Å². The SMILES string of the molecule is CC1(C)C=C(c2c3ccccc3c3c4c(cccc24)Cc2cc(-n4ccc5ccccc54)ccc2-3)C=CC1. The first-order valence-electron chi connectivity index (χ1n) is 13.6. The van der Waals surface area contributed by atoms with Crippen molar-refractivity contribution in [2.75, 3.05) is 0 Å². The van der Waals surface area contributed by atoms with Crippen molar-refractivity contribution >= 4 is 38.0 Å². The molecule has 0 saturated carbocycles. The van der Waals surface area contributed by atoms with E-state index >= 15 is 0 Å². The van der Waals surface area contributed by atoms with Gasteiger partial charge in [0.15, 0.2) is 0 Å². The zero-order valence-corrected chi connectivity index (χ0v) is 21.8. The molecule has 2 aliphatic rings. The number of benzene rings is 5. The van der Waals surface area contributed by atoms with E-state index < -0.39 is 0 Å². The van der Waals surface area contributed by atoms with Gasteiger partial charge < -0.3 is 4.57 Å². The normalized spacial score (nSPS) is 15.7. The van der Waals surface area contributed by atoms with Gasteiger partial charge in [-0.15, -0.1) is 0 Å². The van der Waals surface area contributed by atoms with Crippen LogP contribution in [0.3, 0.4) is 0 Å². The highest BCUT2D eigenvalue weighted by molar-refractivity contribution is 6.21. The van der Waals surface area contributed by atoms with Gasteiger partial charge in [-0.3, -0.25) is 0 Å². The van der Waals surface area contributed by atoms with E-state index in [4.69, 9.17) is 0 Å². The highest BCUT2D eigenvalue weighted by Gasteiger charge is 2.26. The van der Waals surface area contributed by atoms with Crippen molar-refractivity contribution in [1.82, 2.24) is 4.57 Å². The molecule has 8 rings (SSSR count). The van der Waals surface area contributed by atoms with Crippen LogP contribution >= 0.6 is 0 Å². The van der Waals surface area contributed by atoms with Gasteiger partial charge >= 0.3 is 0 Å². The predicted molar refractivity (Wildman–Crippen MR) is 162 cm³/mol. The molecule has 0 aliphatic heterocycles.